The lowest BCUT2D eigenvalue weighted by Crippen LogP contribution is -2.35. The highest BCUT2D eigenvalue weighted by molar-refractivity contribution is 7.94. The predicted molar refractivity (Wildman–Crippen MR) is 61.6 cm³/mol. The van der Waals surface area contributed by atoms with Crippen molar-refractivity contribution in [2.75, 3.05) is 6.26 Å². The zero-order chi connectivity index (χ0) is 11.1. The van der Waals surface area contributed by atoms with E-state index in [-0.39, 0.29) is 11.5 Å². The molecule has 1 aliphatic carbocycles. The molecule has 15 heavy (non-hydrogen) atoms. The highest BCUT2D eigenvalue weighted by atomic mass is 32.2. The molecule has 0 aromatic heterocycles. The number of rotatable bonds is 1. The summed E-state index contributed by atoms with van der Waals surface area (Å²) in [4.78, 5) is 4.66. The summed E-state index contributed by atoms with van der Waals surface area (Å²) in [6.45, 7) is 1.99. The molecule has 0 saturated heterocycles. The maximum Gasteiger partial charge on any atom is 0.173 e. The number of nitrogens with zero attached hydrogens (tertiary/aromatic N) is 1. The van der Waals surface area contributed by atoms with Gasteiger partial charge in [-0.2, -0.15) is 0 Å². The lowest BCUT2D eigenvalue weighted by atomic mass is 9.78. The molecule has 0 saturated carbocycles. The van der Waals surface area contributed by atoms with Crippen molar-refractivity contribution < 1.29 is 8.42 Å². The molecule has 2 aliphatic rings. The van der Waals surface area contributed by atoms with E-state index in [1.165, 1.54) is 6.26 Å². The van der Waals surface area contributed by atoms with Crippen molar-refractivity contribution in [1.29, 1.82) is 0 Å². The topological polar surface area (TPSA) is 46.5 Å². The second-order valence-electron chi connectivity index (χ2n) is 4.13. The number of aliphatic imine (C=N–C) groups is 1. The fourth-order valence-corrected chi connectivity index (χ4v) is 2.98. The Morgan fingerprint density at radius 2 is 2.00 bits per heavy atom. The Bertz CT molecular complexity index is 497. The number of allylic oxidation sites excluding steroid dienone is 3. The van der Waals surface area contributed by atoms with Crippen LogP contribution in [0.3, 0.4) is 0 Å². The van der Waals surface area contributed by atoms with E-state index in [4.69, 9.17) is 0 Å². The molecule has 1 heterocycles. The third-order valence-corrected chi connectivity index (χ3v) is 3.99. The molecule has 1 unspecified atom stereocenters. The van der Waals surface area contributed by atoms with E-state index >= 15 is 0 Å². The van der Waals surface area contributed by atoms with Crippen LogP contribution in [0.2, 0.25) is 0 Å². The van der Waals surface area contributed by atoms with Gasteiger partial charge in [0.2, 0.25) is 0 Å². The third-order valence-electron chi connectivity index (χ3n) is 2.78. The summed E-state index contributed by atoms with van der Waals surface area (Å²) < 4.78 is 23.2. The average molecular weight is 223 g/mol. The van der Waals surface area contributed by atoms with Gasteiger partial charge in [-0.05, 0) is 12.2 Å². The molecule has 0 spiro atoms. The second-order valence-corrected chi connectivity index (χ2v) is 6.14. The van der Waals surface area contributed by atoms with Gasteiger partial charge in [0.15, 0.2) is 9.84 Å². The van der Waals surface area contributed by atoms with Crippen LogP contribution in [0.4, 0.5) is 0 Å². The van der Waals surface area contributed by atoms with E-state index in [0.717, 1.165) is 0 Å². The largest absolute Gasteiger partial charge is 0.283 e. The highest BCUT2D eigenvalue weighted by Crippen LogP contribution is 2.38. The van der Waals surface area contributed by atoms with Crippen molar-refractivity contribution in [3.63, 3.8) is 0 Å². The maximum absolute atomic E-state index is 11.6. The van der Waals surface area contributed by atoms with E-state index in [1.807, 2.05) is 25.2 Å². The van der Waals surface area contributed by atoms with E-state index in [2.05, 4.69) is 4.99 Å². The summed E-state index contributed by atoms with van der Waals surface area (Å²) >= 11 is 0. The molecular formula is C11H13NO2S. The normalized spacial score (nSPS) is 33.7. The molecule has 0 aromatic carbocycles. The van der Waals surface area contributed by atoms with Crippen molar-refractivity contribution in [1.82, 2.24) is 0 Å². The van der Waals surface area contributed by atoms with Gasteiger partial charge < -0.3 is 0 Å². The van der Waals surface area contributed by atoms with Crippen LogP contribution >= 0.6 is 0 Å². The second kappa shape index (κ2) is 3.17. The number of hydrogen-bond donors (Lipinski definition) is 0. The van der Waals surface area contributed by atoms with Gasteiger partial charge >= 0.3 is 0 Å². The van der Waals surface area contributed by atoms with Gasteiger partial charge in [0, 0.05) is 17.9 Å². The quantitative estimate of drug-likeness (QED) is 0.676. The first-order valence-corrected chi connectivity index (χ1v) is 6.63. The Labute approximate surface area is 89.8 Å². The van der Waals surface area contributed by atoms with E-state index < -0.39 is 9.84 Å². The monoisotopic (exact) mass is 223 g/mol. The molecule has 1 aliphatic heterocycles. The molecule has 0 radical (unpaired) electrons. The fourth-order valence-electron chi connectivity index (χ4n) is 1.93. The van der Waals surface area contributed by atoms with Gasteiger partial charge in [0.1, 0.15) is 0 Å². The Balaban J connectivity index is 2.54. The van der Waals surface area contributed by atoms with Crippen LogP contribution in [0, 0.1) is 5.41 Å². The summed E-state index contributed by atoms with van der Waals surface area (Å²) in [7, 11) is -3.17. The molecular weight excluding hydrogens is 210 g/mol. The van der Waals surface area contributed by atoms with Crippen molar-refractivity contribution in [3.8, 4) is 0 Å². The van der Waals surface area contributed by atoms with Gasteiger partial charge in [-0.15, -0.1) is 0 Å². The lowest BCUT2D eigenvalue weighted by Gasteiger charge is -2.34. The molecule has 4 heteroatoms. The molecule has 3 nitrogen and oxygen atoms in total. The van der Waals surface area contributed by atoms with Crippen LogP contribution in [0.15, 0.2) is 40.3 Å². The number of hydrogen-bond acceptors (Lipinski definition) is 3. The molecule has 0 N–H and O–H groups in total. The predicted octanol–water partition coefficient (Wildman–Crippen LogP) is 1.50. The number of fused-ring (bicyclic) bond motifs is 1. The zero-order valence-corrected chi connectivity index (χ0v) is 9.53. The number of sulfone groups is 1. The first kappa shape index (κ1) is 10.4. The van der Waals surface area contributed by atoms with E-state index in [9.17, 15) is 8.42 Å². The SMILES string of the molecule is C[C@]12C=CC=NC1C(S(C)(=O)=O)=CC=C2. The van der Waals surface area contributed by atoms with Gasteiger partial charge in [-0.25, -0.2) is 8.42 Å². The van der Waals surface area contributed by atoms with Gasteiger partial charge in [-0.3, -0.25) is 4.99 Å². The molecule has 0 aromatic rings. The van der Waals surface area contributed by atoms with E-state index in [1.54, 1.807) is 18.4 Å². The molecule has 0 fully saturated rings. The van der Waals surface area contributed by atoms with Crippen LogP contribution in [0.5, 0.6) is 0 Å². The Hall–Kier alpha value is -1.16. The van der Waals surface area contributed by atoms with Crippen LogP contribution in [0.1, 0.15) is 6.92 Å². The zero-order valence-electron chi connectivity index (χ0n) is 8.71. The number of dihydropyridines is 1. The standard InChI is InChI=1S/C11H13NO2S/c1-11-6-3-5-9(15(2,13)14)10(11)12-8-4-7-11/h3-8,10H,1-2H3/t10?,11-/m0/s1. The minimum atomic E-state index is -3.17. The van der Waals surface area contributed by atoms with Gasteiger partial charge in [0.05, 0.1) is 10.9 Å². The first-order chi connectivity index (χ1) is 6.93. The third kappa shape index (κ3) is 1.69. The van der Waals surface area contributed by atoms with Crippen LogP contribution < -0.4 is 0 Å². The lowest BCUT2D eigenvalue weighted by molar-refractivity contribution is 0.468. The van der Waals surface area contributed by atoms with Crippen molar-refractivity contribution >= 4 is 16.1 Å². The Morgan fingerprint density at radius 3 is 2.67 bits per heavy atom. The van der Waals surface area contributed by atoms with Gasteiger partial charge in [0.25, 0.3) is 0 Å². The summed E-state index contributed by atoms with van der Waals surface area (Å²) in [6, 6.07) is -0.303. The average Bonchev–Trinajstić information content (AvgIpc) is 2.14. The van der Waals surface area contributed by atoms with E-state index in [0.29, 0.717) is 4.91 Å². The fraction of sp³-hybridized carbons (Fsp3) is 0.364. The van der Waals surface area contributed by atoms with Crippen LogP contribution in [0.25, 0.3) is 0 Å². The molecule has 80 valence electrons. The first-order valence-electron chi connectivity index (χ1n) is 4.74. The molecule has 0 amide bonds. The smallest absolute Gasteiger partial charge is 0.173 e. The summed E-state index contributed by atoms with van der Waals surface area (Å²) in [5, 5.41) is 0. The van der Waals surface area contributed by atoms with Crippen LogP contribution in [-0.2, 0) is 9.84 Å². The summed E-state index contributed by atoms with van der Waals surface area (Å²) in [6.07, 6.45) is 12.1. The summed E-state index contributed by atoms with van der Waals surface area (Å²) in [5.41, 5.74) is -0.304. The highest BCUT2D eigenvalue weighted by Gasteiger charge is 2.38. The maximum atomic E-state index is 11.6. The minimum Gasteiger partial charge on any atom is -0.283 e. The Kier molecular flexibility index (Phi) is 2.19. The summed E-state index contributed by atoms with van der Waals surface area (Å²) in [5.74, 6) is 0. The van der Waals surface area contributed by atoms with Gasteiger partial charge in [-0.1, -0.05) is 25.2 Å². The minimum absolute atomic E-state index is 0.303. The molecule has 2 rings (SSSR count). The Morgan fingerprint density at radius 1 is 1.33 bits per heavy atom. The molecule has 2 atom stereocenters. The molecule has 0 bridgehead atoms. The van der Waals surface area contributed by atoms with Crippen molar-refractivity contribution in [2.24, 2.45) is 10.4 Å². The van der Waals surface area contributed by atoms with Crippen LogP contribution in [-0.4, -0.2) is 26.9 Å². The van der Waals surface area contributed by atoms with Crippen molar-refractivity contribution in [3.05, 3.63) is 35.3 Å². The van der Waals surface area contributed by atoms with Crippen molar-refractivity contribution in [2.45, 2.75) is 13.0 Å².